The number of methoxy groups -OCH3 is 1. The molecule has 2 aromatic rings. The van der Waals surface area contributed by atoms with Crippen LogP contribution in [0.1, 0.15) is 12.5 Å². The average Bonchev–Trinajstić information content (AvgIpc) is 2.28. The van der Waals surface area contributed by atoms with Crippen molar-refractivity contribution in [3.63, 3.8) is 0 Å². The van der Waals surface area contributed by atoms with Crippen LogP contribution in [0.15, 0.2) is 29.2 Å². The van der Waals surface area contributed by atoms with Crippen molar-refractivity contribution in [3.05, 3.63) is 40.2 Å². The molecule has 0 amide bonds. The molecule has 0 aliphatic heterocycles. The van der Waals surface area contributed by atoms with E-state index in [1.54, 1.807) is 13.3 Å². The van der Waals surface area contributed by atoms with Crippen molar-refractivity contribution in [2.45, 2.75) is 13.3 Å². The number of hydrogen-bond donors (Lipinski definition) is 1. The zero-order valence-corrected chi connectivity index (χ0v) is 8.83. The molecule has 0 aliphatic carbocycles. The summed E-state index contributed by atoms with van der Waals surface area (Å²) in [5.41, 5.74) is 1.90. The van der Waals surface area contributed by atoms with Crippen LogP contribution in [-0.2, 0) is 6.42 Å². The van der Waals surface area contributed by atoms with Gasteiger partial charge in [-0.3, -0.25) is 4.79 Å². The molecule has 3 nitrogen and oxygen atoms in total. The number of aromatic nitrogens is 1. The fourth-order valence-electron chi connectivity index (χ4n) is 1.67. The predicted octanol–water partition coefficient (Wildman–Crippen LogP) is 2.10. The lowest BCUT2D eigenvalue weighted by Gasteiger charge is -2.07. The highest BCUT2D eigenvalue weighted by molar-refractivity contribution is 5.85. The Morgan fingerprint density at radius 2 is 2.20 bits per heavy atom. The minimum Gasteiger partial charge on any atom is -0.495 e. The summed E-state index contributed by atoms with van der Waals surface area (Å²) in [5, 5.41) is 0.689. The molecule has 3 heteroatoms. The van der Waals surface area contributed by atoms with Crippen LogP contribution in [0, 0.1) is 0 Å². The van der Waals surface area contributed by atoms with Crippen LogP contribution in [0.25, 0.3) is 10.9 Å². The predicted molar refractivity (Wildman–Crippen MR) is 60.5 cm³/mol. The van der Waals surface area contributed by atoms with Crippen molar-refractivity contribution in [1.82, 2.24) is 4.98 Å². The Morgan fingerprint density at radius 1 is 1.40 bits per heavy atom. The largest absolute Gasteiger partial charge is 0.495 e. The molecule has 0 saturated heterocycles. The molecule has 0 unspecified atom stereocenters. The van der Waals surface area contributed by atoms with Crippen LogP contribution < -0.4 is 10.2 Å². The third-order valence-corrected chi connectivity index (χ3v) is 2.52. The first-order valence-electron chi connectivity index (χ1n) is 4.94. The first-order chi connectivity index (χ1) is 7.26. The standard InChI is InChI=1S/C12H13NO2/c1-3-8-6-9-10(14)4-5-13-12(9)11(7-8)15-2/h4-7H,3H2,1-2H3,(H,13,14). The molecule has 0 aliphatic rings. The van der Waals surface area contributed by atoms with Gasteiger partial charge in [-0.05, 0) is 24.1 Å². The Hall–Kier alpha value is -1.77. The van der Waals surface area contributed by atoms with Crippen LogP contribution in [0.2, 0.25) is 0 Å². The summed E-state index contributed by atoms with van der Waals surface area (Å²) in [6.45, 7) is 2.05. The van der Waals surface area contributed by atoms with E-state index in [2.05, 4.69) is 11.9 Å². The van der Waals surface area contributed by atoms with E-state index in [4.69, 9.17) is 4.74 Å². The van der Waals surface area contributed by atoms with Gasteiger partial charge >= 0.3 is 0 Å². The normalized spacial score (nSPS) is 10.5. The van der Waals surface area contributed by atoms with Gasteiger partial charge in [-0.25, -0.2) is 0 Å². The van der Waals surface area contributed by atoms with Crippen molar-refractivity contribution in [2.24, 2.45) is 0 Å². The minimum atomic E-state index is 0.0253. The van der Waals surface area contributed by atoms with E-state index in [1.807, 2.05) is 12.1 Å². The molecule has 0 saturated carbocycles. The maximum atomic E-state index is 11.6. The van der Waals surface area contributed by atoms with Crippen LogP contribution in [0.4, 0.5) is 0 Å². The van der Waals surface area contributed by atoms with Crippen molar-refractivity contribution in [2.75, 3.05) is 7.11 Å². The molecule has 2 rings (SSSR count). The second kappa shape index (κ2) is 3.77. The minimum absolute atomic E-state index is 0.0253. The van der Waals surface area contributed by atoms with Gasteiger partial charge in [0.05, 0.1) is 12.6 Å². The van der Waals surface area contributed by atoms with Crippen molar-refractivity contribution in [1.29, 1.82) is 0 Å². The Bertz CT molecular complexity index is 543. The van der Waals surface area contributed by atoms with Gasteiger partial charge in [0.25, 0.3) is 0 Å². The number of fused-ring (bicyclic) bond motifs is 1. The van der Waals surface area contributed by atoms with Crippen LogP contribution >= 0.6 is 0 Å². The highest BCUT2D eigenvalue weighted by Crippen LogP contribution is 2.23. The highest BCUT2D eigenvalue weighted by atomic mass is 16.5. The van der Waals surface area contributed by atoms with Crippen LogP contribution in [0.5, 0.6) is 5.75 Å². The van der Waals surface area contributed by atoms with E-state index < -0.39 is 0 Å². The molecule has 0 atom stereocenters. The lowest BCUT2D eigenvalue weighted by Crippen LogP contribution is -2.02. The van der Waals surface area contributed by atoms with E-state index in [0.29, 0.717) is 5.39 Å². The second-order valence-electron chi connectivity index (χ2n) is 3.42. The Balaban J connectivity index is 2.87. The van der Waals surface area contributed by atoms with Gasteiger partial charge in [0, 0.05) is 17.6 Å². The van der Waals surface area contributed by atoms with Crippen molar-refractivity contribution in [3.8, 4) is 5.75 Å². The van der Waals surface area contributed by atoms with E-state index in [1.165, 1.54) is 6.07 Å². The summed E-state index contributed by atoms with van der Waals surface area (Å²) in [6.07, 6.45) is 2.53. The number of nitrogens with one attached hydrogen (secondary N) is 1. The third kappa shape index (κ3) is 1.61. The molecule has 1 aromatic carbocycles. The molecule has 0 fully saturated rings. The molecule has 0 spiro atoms. The monoisotopic (exact) mass is 203 g/mol. The van der Waals surface area contributed by atoms with Crippen LogP contribution in [0.3, 0.4) is 0 Å². The summed E-state index contributed by atoms with van der Waals surface area (Å²) in [7, 11) is 1.61. The van der Waals surface area contributed by atoms with E-state index in [9.17, 15) is 4.79 Å². The molecule has 1 heterocycles. The molecule has 0 radical (unpaired) electrons. The lowest BCUT2D eigenvalue weighted by atomic mass is 10.1. The number of rotatable bonds is 2. The Kier molecular flexibility index (Phi) is 2.46. The van der Waals surface area contributed by atoms with Gasteiger partial charge in [0.2, 0.25) is 0 Å². The van der Waals surface area contributed by atoms with Crippen LogP contribution in [-0.4, -0.2) is 12.1 Å². The van der Waals surface area contributed by atoms with E-state index in [-0.39, 0.29) is 5.43 Å². The van der Waals surface area contributed by atoms with Gasteiger partial charge in [0.1, 0.15) is 5.75 Å². The molecule has 1 N–H and O–H groups in total. The number of aryl methyl sites for hydroxylation is 1. The molecular weight excluding hydrogens is 190 g/mol. The number of H-pyrrole nitrogens is 1. The third-order valence-electron chi connectivity index (χ3n) is 2.52. The number of aromatic amines is 1. The molecule has 0 bridgehead atoms. The first-order valence-corrected chi connectivity index (χ1v) is 4.94. The Morgan fingerprint density at radius 3 is 2.87 bits per heavy atom. The quantitative estimate of drug-likeness (QED) is 0.812. The van der Waals surface area contributed by atoms with Gasteiger partial charge in [-0.1, -0.05) is 6.92 Å². The molecule has 78 valence electrons. The topological polar surface area (TPSA) is 42.1 Å². The van der Waals surface area contributed by atoms with Crippen molar-refractivity contribution < 1.29 is 4.74 Å². The fourth-order valence-corrected chi connectivity index (χ4v) is 1.67. The highest BCUT2D eigenvalue weighted by Gasteiger charge is 2.06. The number of hydrogen-bond acceptors (Lipinski definition) is 2. The fraction of sp³-hybridized carbons (Fsp3) is 0.250. The lowest BCUT2D eigenvalue weighted by molar-refractivity contribution is 0.418. The average molecular weight is 203 g/mol. The SMILES string of the molecule is CCc1cc(OC)c2[nH]ccc(=O)c2c1. The summed E-state index contributed by atoms with van der Waals surface area (Å²) in [6, 6.07) is 5.40. The van der Waals surface area contributed by atoms with Gasteiger partial charge in [0.15, 0.2) is 5.43 Å². The summed E-state index contributed by atoms with van der Waals surface area (Å²) in [4.78, 5) is 14.7. The molecule has 15 heavy (non-hydrogen) atoms. The Labute approximate surface area is 87.7 Å². The second-order valence-corrected chi connectivity index (χ2v) is 3.42. The zero-order valence-electron chi connectivity index (χ0n) is 8.83. The molecule has 1 aromatic heterocycles. The van der Waals surface area contributed by atoms with Crippen molar-refractivity contribution >= 4 is 10.9 Å². The van der Waals surface area contributed by atoms with Gasteiger partial charge in [-0.15, -0.1) is 0 Å². The zero-order chi connectivity index (χ0) is 10.8. The van der Waals surface area contributed by atoms with E-state index >= 15 is 0 Å². The maximum Gasteiger partial charge on any atom is 0.189 e. The van der Waals surface area contributed by atoms with Gasteiger partial charge in [-0.2, -0.15) is 0 Å². The number of ether oxygens (including phenoxy) is 1. The molecular formula is C12H13NO2. The van der Waals surface area contributed by atoms with E-state index in [0.717, 1.165) is 23.3 Å². The van der Waals surface area contributed by atoms with Gasteiger partial charge < -0.3 is 9.72 Å². The number of pyridine rings is 1. The first kappa shape index (κ1) is 9.77. The smallest absolute Gasteiger partial charge is 0.189 e. The summed E-state index contributed by atoms with van der Waals surface area (Å²) in [5.74, 6) is 0.724. The summed E-state index contributed by atoms with van der Waals surface area (Å²) >= 11 is 0. The maximum absolute atomic E-state index is 11.6. The number of benzene rings is 1. The summed E-state index contributed by atoms with van der Waals surface area (Å²) < 4.78 is 5.25.